The maximum atomic E-state index is 3.61. The maximum Gasteiger partial charge on any atom is -0.00824 e. The Morgan fingerprint density at radius 1 is 0.600 bits per heavy atom. The van der Waals surface area contributed by atoms with Crippen LogP contribution in [0.15, 0.2) is 66.7 Å². The largest absolute Gasteiger partial charge is 0.0616 e. The summed E-state index contributed by atoms with van der Waals surface area (Å²) < 4.78 is 0. The highest BCUT2D eigenvalue weighted by atomic mass is 79.9. The molecule has 4 aromatic carbocycles. The highest BCUT2D eigenvalue weighted by Crippen LogP contribution is 2.31. The van der Waals surface area contributed by atoms with Crippen molar-refractivity contribution in [1.29, 1.82) is 0 Å². The van der Waals surface area contributed by atoms with Crippen molar-refractivity contribution >= 4 is 60.4 Å². The number of hydrogen-bond acceptors (Lipinski definition) is 0. The van der Waals surface area contributed by atoms with Gasteiger partial charge < -0.3 is 0 Å². The molecule has 0 bridgehead atoms. The molecule has 1 unspecified atom stereocenters. The van der Waals surface area contributed by atoms with Crippen LogP contribution in [0.1, 0.15) is 0 Å². The fraction of sp³-hybridized carbons (Fsp3) is 0. The summed E-state index contributed by atoms with van der Waals surface area (Å²) in [5.74, 6) is 0. The van der Waals surface area contributed by atoms with Gasteiger partial charge in [-0.25, -0.2) is 0 Å². The lowest BCUT2D eigenvalue weighted by Crippen LogP contribution is -1.93. The molecule has 4 aromatic rings. The van der Waals surface area contributed by atoms with Crippen molar-refractivity contribution in [2.75, 3.05) is 0 Å². The summed E-state index contributed by atoms with van der Waals surface area (Å²) in [6.45, 7) is 0. The van der Waals surface area contributed by atoms with Gasteiger partial charge in [-0.05, 0) is 57.0 Å². The molecular formula is C18H12BrP. The van der Waals surface area contributed by atoms with Crippen LogP contribution < -0.4 is 5.30 Å². The standard InChI is InChI=1S/C18H12BrP/c19-20-18-7-3-5-13-10-16-14(11-17(13)18)9-8-12-4-1-2-6-15(12)16/h1-11,20H. The molecule has 0 spiro atoms. The summed E-state index contributed by atoms with van der Waals surface area (Å²) in [6.07, 6.45) is 0. The van der Waals surface area contributed by atoms with E-state index in [9.17, 15) is 0 Å². The number of fused-ring (bicyclic) bond motifs is 4. The van der Waals surface area contributed by atoms with Crippen LogP contribution in [0.2, 0.25) is 0 Å². The molecule has 0 N–H and O–H groups in total. The number of rotatable bonds is 1. The minimum absolute atomic E-state index is 0.649. The zero-order valence-electron chi connectivity index (χ0n) is 10.7. The molecule has 0 aliphatic carbocycles. The van der Waals surface area contributed by atoms with Crippen molar-refractivity contribution in [1.82, 2.24) is 0 Å². The van der Waals surface area contributed by atoms with Crippen LogP contribution in [-0.4, -0.2) is 0 Å². The minimum atomic E-state index is 0.649. The van der Waals surface area contributed by atoms with Crippen molar-refractivity contribution < 1.29 is 0 Å². The molecule has 96 valence electrons. The van der Waals surface area contributed by atoms with Gasteiger partial charge >= 0.3 is 0 Å². The van der Waals surface area contributed by atoms with E-state index in [2.05, 4.69) is 82.2 Å². The second kappa shape index (κ2) is 4.84. The smallest absolute Gasteiger partial charge is 0.00824 e. The Bertz CT molecular complexity index is 944. The normalized spacial score (nSPS) is 12.1. The first-order valence-corrected chi connectivity index (χ1v) is 9.83. The molecule has 0 aliphatic heterocycles. The summed E-state index contributed by atoms with van der Waals surface area (Å²) in [6, 6.07) is 24.2. The van der Waals surface area contributed by atoms with E-state index in [1.807, 2.05) is 0 Å². The molecule has 0 amide bonds. The fourth-order valence-corrected chi connectivity index (χ4v) is 4.38. The van der Waals surface area contributed by atoms with Gasteiger partial charge in [-0.15, -0.1) is 0 Å². The quantitative estimate of drug-likeness (QED) is 0.235. The van der Waals surface area contributed by atoms with Gasteiger partial charge in [-0.1, -0.05) is 70.1 Å². The molecule has 0 nitrogen and oxygen atoms in total. The van der Waals surface area contributed by atoms with Crippen molar-refractivity contribution in [3.8, 4) is 0 Å². The second-order valence-corrected chi connectivity index (χ2v) is 6.90. The van der Waals surface area contributed by atoms with Crippen LogP contribution in [0.3, 0.4) is 0 Å². The van der Waals surface area contributed by atoms with Crippen LogP contribution in [0.4, 0.5) is 0 Å². The topological polar surface area (TPSA) is 0 Å². The highest BCUT2D eigenvalue weighted by molar-refractivity contribution is 9.37. The predicted octanol–water partition coefficient (Wildman–Crippen LogP) is 5.76. The summed E-state index contributed by atoms with van der Waals surface area (Å²) >= 11 is 3.61. The molecule has 1 atom stereocenters. The zero-order chi connectivity index (χ0) is 13.5. The molecule has 0 saturated carbocycles. The third-order valence-electron chi connectivity index (χ3n) is 3.85. The lowest BCUT2D eigenvalue weighted by atomic mass is 9.98. The third-order valence-corrected chi connectivity index (χ3v) is 5.77. The van der Waals surface area contributed by atoms with Gasteiger partial charge in [0.1, 0.15) is 0 Å². The molecular weight excluding hydrogens is 327 g/mol. The van der Waals surface area contributed by atoms with E-state index in [1.165, 1.54) is 37.6 Å². The number of benzene rings is 4. The Balaban J connectivity index is 2.20. The Labute approximate surface area is 127 Å². The van der Waals surface area contributed by atoms with Gasteiger partial charge in [-0.3, -0.25) is 0 Å². The molecule has 2 heteroatoms. The van der Waals surface area contributed by atoms with Gasteiger partial charge in [0.05, 0.1) is 0 Å². The van der Waals surface area contributed by atoms with E-state index in [-0.39, 0.29) is 0 Å². The molecule has 20 heavy (non-hydrogen) atoms. The Morgan fingerprint density at radius 3 is 2.20 bits per heavy atom. The van der Waals surface area contributed by atoms with Crippen LogP contribution in [0.5, 0.6) is 0 Å². The Hall–Kier alpha value is -1.43. The summed E-state index contributed by atoms with van der Waals surface area (Å²) in [5.41, 5.74) is 0. The van der Waals surface area contributed by atoms with Gasteiger partial charge in [0, 0.05) is 0 Å². The van der Waals surface area contributed by atoms with Crippen molar-refractivity contribution in [2.45, 2.75) is 0 Å². The Kier molecular flexibility index (Phi) is 2.98. The molecule has 0 heterocycles. The first-order valence-electron chi connectivity index (χ1n) is 6.58. The predicted molar refractivity (Wildman–Crippen MR) is 95.8 cm³/mol. The van der Waals surface area contributed by atoms with Crippen LogP contribution >= 0.6 is 22.8 Å². The summed E-state index contributed by atoms with van der Waals surface area (Å²) in [7, 11) is 0.649. The molecule has 0 saturated heterocycles. The number of halogens is 1. The SMILES string of the molecule is BrPc1cccc2cc3c(ccc4ccccc43)cc12. The molecule has 0 aliphatic rings. The summed E-state index contributed by atoms with van der Waals surface area (Å²) in [4.78, 5) is 0. The molecule has 0 radical (unpaired) electrons. The van der Waals surface area contributed by atoms with Gasteiger partial charge in [0.15, 0.2) is 0 Å². The van der Waals surface area contributed by atoms with E-state index < -0.39 is 0 Å². The fourth-order valence-electron chi connectivity index (χ4n) is 2.86. The maximum absolute atomic E-state index is 3.61. The second-order valence-electron chi connectivity index (χ2n) is 4.98. The molecule has 0 aromatic heterocycles. The third kappa shape index (κ3) is 1.85. The summed E-state index contributed by atoms with van der Waals surface area (Å²) in [5, 5.41) is 9.33. The lowest BCUT2D eigenvalue weighted by molar-refractivity contribution is 1.79. The van der Waals surface area contributed by atoms with E-state index in [1.54, 1.807) is 0 Å². The van der Waals surface area contributed by atoms with E-state index in [0.717, 1.165) is 0 Å². The zero-order valence-corrected chi connectivity index (χ0v) is 13.3. The Morgan fingerprint density at radius 2 is 1.30 bits per heavy atom. The van der Waals surface area contributed by atoms with E-state index >= 15 is 0 Å². The molecule has 4 rings (SSSR count). The van der Waals surface area contributed by atoms with Gasteiger partial charge in [0.25, 0.3) is 0 Å². The van der Waals surface area contributed by atoms with Crippen molar-refractivity contribution in [3.05, 3.63) is 66.7 Å². The highest BCUT2D eigenvalue weighted by Gasteiger charge is 2.05. The average molecular weight is 339 g/mol. The van der Waals surface area contributed by atoms with Crippen LogP contribution in [0, 0.1) is 0 Å². The van der Waals surface area contributed by atoms with E-state index in [4.69, 9.17) is 0 Å². The van der Waals surface area contributed by atoms with Crippen LogP contribution in [0.25, 0.3) is 32.3 Å². The van der Waals surface area contributed by atoms with Gasteiger partial charge in [-0.2, -0.15) is 0 Å². The minimum Gasteiger partial charge on any atom is -0.0616 e. The van der Waals surface area contributed by atoms with E-state index in [0.29, 0.717) is 7.28 Å². The monoisotopic (exact) mass is 338 g/mol. The average Bonchev–Trinajstić information content (AvgIpc) is 2.52. The first-order chi connectivity index (χ1) is 9.86. The van der Waals surface area contributed by atoms with Crippen molar-refractivity contribution in [3.63, 3.8) is 0 Å². The number of hydrogen-bond donors (Lipinski definition) is 0. The first kappa shape index (κ1) is 12.3. The van der Waals surface area contributed by atoms with Gasteiger partial charge in [0.2, 0.25) is 0 Å². The molecule has 0 fully saturated rings. The van der Waals surface area contributed by atoms with Crippen LogP contribution in [-0.2, 0) is 0 Å². The lowest BCUT2D eigenvalue weighted by Gasteiger charge is -2.08. The van der Waals surface area contributed by atoms with Crippen molar-refractivity contribution in [2.24, 2.45) is 0 Å².